The van der Waals surface area contributed by atoms with E-state index < -0.39 is 0 Å². The number of ether oxygens (including phenoxy) is 1. The monoisotopic (exact) mass is 250 g/mol. The lowest BCUT2D eigenvalue weighted by molar-refractivity contribution is -0.121. The minimum absolute atomic E-state index is 0.00268. The molecule has 0 aliphatic heterocycles. The molecule has 2 N–H and O–H groups in total. The fraction of sp³-hybridized carbons (Fsp3) is 0.500. The number of amides is 1. The topological polar surface area (TPSA) is 50.4 Å². The summed E-state index contributed by atoms with van der Waals surface area (Å²) in [5, 5.41) is 5.71. The molecule has 4 heteroatoms. The lowest BCUT2D eigenvalue weighted by Gasteiger charge is -2.14. The Morgan fingerprint density at radius 1 is 1.22 bits per heavy atom. The molecule has 1 aromatic carbocycles. The van der Waals surface area contributed by atoms with Crippen LogP contribution in [0.25, 0.3) is 0 Å². The van der Waals surface area contributed by atoms with Crippen molar-refractivity contribution in [1.82, 2.24) is 10.6 Å². The van der Waals surface area contributed by atoms with Crippen LogP contribution in [-0.4, -0.2) is 26.6 Å². The summed E-state index contributed by atoms with van der Waals surface area (Å²) >= 11 is 0. The van der Waals surface area contributed by atoms with Crippen molar-refractivity contribution in [3.05, 3.63) is 28.8 Å². The average Bonchev–Trinajstić information content (AvgIpc) is 2.32. The maximum absolute atomic E-state index is 11.1. The largest absolute Gasteiger partial charge is 0.493 e. The Kier molecular flexibility index (Phi) is 5.65. The van der Waals surface area contributed by atoms with Gasteiger partial charge < -0.3 is 15.4 Å². The van der Waals surface area contributed by atoms with Crippen LogP contribution >= 0.6 is 0 Å². The first-order chi connectivity index (χ1) is 8.58. The molecule has 0 saturated carbocycles. The molecule has 100 valence electrons. The summed E-state index contributed by atoms with van der Waals surface area (Å²) in [6.45, 7) is 5.32. The van der Waals surface area contributed by atoms with Crippen LogP contribution in [-0.2, 0) is 11.3 Å². The summed E-state index contributed by atoms with van der Waals surface area (Å²) in [4.78, 5) is 11.1. The van der Waals surface area contributed by atoms with E-state index in [2.05, 4.69) is 22.8 Å². The van der Waals surface area contributed by atoms with Gasteiger partial charge in [-0.2, -0.15) is 0 Å². The number of aryl methyl sites for hydroxylation is 2. The average molecular weight is 250 g/mol. The SMILES string of the molecule is CNCc1cc(C)c(OCCC(=O)NC)c(C)c1. The van der Waals surface area contributed by atoms with Gasteiger partial charge >= 0.3 is 0 Å². The van der Waals surface area contributed by atoms with Crippen molar-refractivity contribution in [3.8, 4) is 5.75 Å². The van der Waals surface area contributed by atoms with Crippen LogP contribution in [0.3, 0.4) is 0 Å². The number of carbonyl (C=O) groups is 1. The van der Waals surface area contributed by atoms with Crippen LogP contribution in [0.2, 0.25) is 0 Å². The maximum Gasteiger partial charge on any atom is 0.223 e. The van der Waals surface area contributed by atoms with E-state index in [1.807, 2.05) is 20.9 Å². The van der Waals surface area contributed by atoms with E-state index in [0.29, 0.717) is 13.0 Å². The van der Waals surface area contributed by atoms with E-state index >= 15 is 0 Å². The molecule has 0 heterocycles. The molecule has 0 saturated heterocycles. The predicted molar refractivity (Wildman–Crippen MR) is 72.9 cm³/mol. The Hall–Kier alpha value is -1.55. The van der Waals surface area contributed by atoms with Gasteiger partial charge in [-0.1, -0.05) is 12.1 Å². The first kappa shape index (κ1) is 14.5. The van der Waals surface area contributed by atoms with E-state index in [4.69, 9.17) is 4.74 Å². The third kappa shape index (κ3) is 4.04. The number of nitrogens with one attached hydrogen (secondary N) is 2. The third-order valence-electron chi connectivity index (χ3n) is 2.76. The molecule has 1 rings (SSSR count). The maximum atomic E-state index is 11.1. The zero-order valence-corrected chi connectivity index (χ0v) is 11.6. The van der Waals surface area contributed by atoms with Crippen molar-refractivity contribution in [3.63, 3.8) is 0 Å². The van der Waals surface area contributed by atoms with Gasteiger partial charge in [0.1, 0.15) is 5.75 Å². The van der Waals surface area contributed by atoms with Crippen molar-refractivity contribution in [2.24, 2.45) is 0 Å². The fourth-order valence-electron chi connectivity index (χ4n) is 1.94. The van der Waals surface area contributed by atoms with Crippen molar-refractivity contribution >= 4 is 5.91 Å². The van der Waals surface area contributed by atoms with E-state index in [-0.39, 0.29) is 5.91 Å². The highest BCUT2D eigenvalue weighted by atomic mass is 16.5. The number of hydrogen-bond acceptors (Lipinski definition) is 3. The van der Waals surface area contributed by atoms with E-state index in [0.717, 1.165) is 23.4 Å². The van der Waals surface area contributed by atoms with Crippen LogP contribution < -0.4 is 15.4 Å². The van der Waals surface area contributed by atoms with Gasteiger partial charge in [0.25, 0.3) is 0 Å². The van der Waals surface area contributed by atoms with Gasteiger partial charge in [-0.15, -0.1) is 0 Å². The molecular weight excluding hydrogens is 228 g/mol. The molecule has 18 heavy (non-hydrogen) atoms. The molecular formula is C14H22N2O2. The van der Waals surface area contributed by atoms with E-state index in [9.17, 15) is 4.79 Å². The molecule has 0 bridgehead atoms. The fourth-order valence-corrected chi connectivity index (χ4v) is 1.94. The number of hydrogen-bond donors (Lipinski definition) is 2. The van der Waals surface area contributed by atoms with Gasteiger partial charge in [-0.05, 0) is 37.6 Å². The Morgan fingerprint density at radius 2 is 1.83 bits per heavy atom. The lowest BCUT2D eigenvalue weighted by atomic mass is 10.1. The second-order valence-electron chi connectivity index (χ2n) is 4.36. The van der Waals surface area contributed by atoms with Crippen LogP contribution in [0.15, 0.2) is 12.1 Å². The summed E-state index contributed by atoms with van der Waals surface area (Å²) in [5.41, 5.74) is 3.46. The quantitative estimate of drug-likeness (QED) is 0.805. The summed E-state index contributed by atoms with van der Waals surface area (Å²) in [6.07, 6.45) is 0.383. The normalized spacial score (nSPS) is 10.2. The van der Waals surface area contributed by atoms with Crippen molar-refractivity contribution < 1.29 is 9.53 Å². The predicted octanol–water partition coefficient (Wildman–Crippen LogP) is 1.54. The molecule has 0 radical (unpaired) electrons. The van der Waals surface area contributed by atoms with Crippen LogP contribution in [0, 0.1) is 13.8 Å². The minimum Gasteiger partial charge on any atom is -0.493 e. The van der Waals surface area contributed by atoms with Gasteiger partial charge in [-0.3, -0.25) is 4.79 Å². The summed E-state index contributed by atoms with van der Waals surface area (Å²) in [7, 11) is 3.56. The highest BCUT2D eigenvalue weighted by Gasteiger charge is 2.07. The summed E-state index contributed by atoms with van der Waals surface area (Å²) in [5.74, 6) is 0.885. The number of carbonyl (C=O) groups excluding carboxylic acids is 1. The zero-order valence-electron chi connectivity index (χ0n) is 11.6. The van der Waals surface area contributed by atoms with Gasteiger partial charge in [0.2, 0.25) is 5.91 Å². The lowest BCUT2D eigenvalue weighted by Crippen LogP contribution is -2.20. The molecule has 0 aliphatic rings. The highest BCUT2D eigenvalue weighted by Crippen LogP contribution is 2.24. The molecule has 1 amide bonds. The van der Waals surface area contributed by atoms with Crippen molar-refractivity contribution in [1.29, 1.82) is 0 Å². The third-order valence-corrected chi connectivity index (χ3v) is 2.76. The Bertz CT molecular complexity index is 393. The summed E-state index contributed by atoms with van der Waals surface area (Å²) in [6, 6.07) is 4.22. The van der Waals surface area contributed by atoms with Gasteiger partial charge in [-0.25, -0.2) is 0 Å². The van der Waals surface area contributed by atoms with Crippen LogP contribution in [0.1, 0.15) is 23.1 Å². The second-order valence-corrected chi connectivity index (χ2v) is 4.36. The smallest absolute Gasteiger partial charge is 0.223 e. The molecule has 0 fully saturated rings. The first-order valence-electron chi connectivity index (χ1n) is 6.16. The minimum atomic E-state index is -0.00268. The van der Waals surface area contributed by atoms with E-state index in [1.54, 1.807) is 7.05 Å². The Labute approximate surface area is 109 Å². The molecule has 1 aromatic rings. The zero-order chi connectivity index (χ0) is 13.5. The van der Waals surface area contributed by atoms with Gasteiger partial charge in [0.15, 0.2) is 0 Å². The van der Waals surface area contributed by atoms with Gasteiger partial charge in [0, 0.05) is 13.6 Å². The molecule has 0 aromatic heterocycles. The Balaban J connectivity index is 2.68. The number of benzene rings is 1. The summed E-state index contributed by atoms with van der Waals surface area (Å²) < 4.78 is 5.69. The molecule has 4 nitrogen and oxygen atoms in total. The van der Waals surface area contributed by atoms with Gasteiger partial charge in [0.05, 0.1) is 13.0 Å². The van der Waals surface area contributed by atoms with Crippen molar-refractivity contribution in [2.75, 3.05) is 20.7 Å². The highest BCUT2D eigenvalue weighted by molar-refractivity contribution is 5.75. The van der Waals surface area contributed by atoms with Crippen molar-refractivity contribution in [2.45, 2.75) is 26.8 Å². The van der Waals surface area contributed by atoms with Crippen LogP contribution in [0.5, 0.6) is 5.75 Å². The Morgan fingerprint density at radius 3 is 2.33 bits per heavy atom. The number of rotatable bonds is 6. The molecule has 0 spiro atoms. The molecule has 0 atom stereocenters. The van der Waals surface area contributed by atoms with Crippen LogP contribution in [0.4, 0.5) is 0 Å². The standard InChI is InChI=1S/C14H22N2O2/c1-10-7-12(9-15-3)8-11(2)14(10)18-6-5-13(17)16-4/h7-8,15H,5-6,9H2,1-4H3,(H,16,17). The first-order valence-corrected chi connectivity index (χ1v) is 6.16. The molecule has 0 unspecified atom stereocenters. The van der Waals surface area contributed by atoms with E-state index in [1.165, 1.54) is 5.56 Å². The molecule has 0 aliphatic carbocycles. The second kappa shape index (κ2) is 7.01.